The molecule has 7 heteroatoms. The fourth-order valence-electron chi connectivity index (χ4n) is 4.84. The summed E-state index contributed by atoms with van der Waals surface area (Å²) in [7, 11) is 0. The fourth-order valence-corrected chi connectivity index (χ4v) is 5.15. The minimum absolute atomic E-state index is 0.474. The van der Waals surface area contributed by atoms with Gasteiger partial charge in [-0.05, 0) is 60.8 Å². The smallest absolute Gasteiger partial charge is 0.129 e. The van der Waals surface area contributed by atoms with Crippen LogP contribution in [0.1, 0.15) is 59.1 Å². The minimum Gasteiger partial charge on any atom is -0.493 e. The van der Waals surface area contributed by atoms with Gasteiger partial charge in [-0.1, -0.05) is 35.9 Å². The highest BCUT2D eigenvalue weighted by atomic mass is 35.5. The third-order valence-electron chi connectivity index (χ3n) is 6.85. The summed E-state index contributed by atoms with van der Waals surface area (Å²) < 4.78 is 11.8. The van der Waals surface area contributed by atoms with Crippen molar-refractivity contribution in [3.8, 4) is 5.75 Å². The molecule has 5 atom stereocenters. The first kappa shape index (κ1) is 22.1. The van der Waals surface area contributed by atoms with Crippen molar-refractivity contribution in [3.63, 3.8) is 0 Å². The molecule has 2 heterocycles. The van der Waals surface area contributed by atoms with Crippen molar-refractivity contribution in [1.29, 1.82) is 0 Å². The van der Waals surface area contributed by atoms with Gasteiger partial charge in [0.2, 0.25) is 0 Å². The molecule has 2 aromatic carbocycles. The van der Waals surface area contributed by atoms with E-state index >= 15 is 0 Å². The summed E-state index contributed by atoms with van der Waals surface area (Å²) in [6, 6.07) is 10.5. The van der Waals surface area contributed by atoms with Crippen molar-refractivity contribution in [2.45, 2.75) is 68.5 Å². The van der Waals surface area contributed by atoms with E-state index in [-0.39, 0.29) is 0 Å². The molecule has 2 fully saturated rings. The van der Waals surface area contributed by atoms with E-state index in [1.165, 1.54) is 18.4 Å². The second kappa shape index (κ2) is 8.93. The van der Waals surface area contributed by atoms with Crippen LogP contribution in [0.5, 0.6) is 5.75 Å². The van der Waals surface area contributed by atoms with E-state index in [2.05, 4.69) is 24.3 Å². The van der Waals surface area contributed by atoms with Gasteiger partial charge in [0.1, 0.15) is 36.3 Å². The van der Waals surface area contributed by atoms with Gasteiger partial charge in [0.25, 0.3) is 0 Å². The monoisotopic (exact) mass is 460 g/mol. The Hall–Kier alpha value is -1.67. The van der Waals surface area contributed by atoms with Crippen LogP contribution in [0.15, 0.2) is 30.3 Å². The average molecular weight is 461 g/mol. The molecule has 2 aliphatic heterocycles. The summed E-state index contributed by atoms with van der Waals surface area (Å²) in [6.45, 7) is 0.0496. The molecule has 0 bridgehead atoms. The Bertz CT molecular complexity index is 971. The highest BCUT2D eigenvalue weighted by Gasteiger charge is 2.45. The molecule has 0 amide bonds. The Morgan fingerprint density at radius 1 is 1.00 bits per heavy atom. The normalized spacial score (nSPS) is 30.0. The van der Waals surface area contributed by atoms with E-state index < -0.39 is 37.1 Å². The topological polar surface area (TPSA) is 99.4 Å². The van der Waals surface area contributed by atoms with Gasteiger partial charge in [-0.3, -0.25) is 0 Å². The molecule has 5 rings (SSSR count). The molecule has 6 nitrogen and oxygen atoms in total. The Morgan fingerprint density at radius 3 is 2.44 bits per heavy atom. The lowest BCUT2D eigenvalue weighted by Gasteiger charge is -2.41. The largest absolute Gasteiger partial charge is 0.493 e. The van der Waals surface area contributed by atoms with Crippen molar-refractivity contribution in [2.75, 3.05) is 13.2 Å². The average Bonchev–Trinajstić information content (AvgIpc) is 3.66. The van der Waals surface area contributed by atoms with Crippen molar-refractivity contribution < 1.29 is 29.9 Å². The van der Waals surface area contributed by atoms with Gasteiger partial charge in [-0.2, -0.15) is 0 Å². The third-order valence-corrected chi connectivity index (χ3v) is 7.32. The van der Waals surface area contributed by atoms with E-state index in [0.29, 0.717) is 35.3 Å². The van der Waals surface area contributed by atoms with Gasteiger partial charge in [-0.15, -0.1) is 0 Å². The molecular formula is C25H29ClO6. The summed E-state index contributed by atoms with van der Waals surface area (Å²) in [4.78, 5) is 0. The van der Waals surface area contributed by atoms with Gasteiger partial charge in [-0.25, -0.2) is 0 Å². The van der Waals surface area contributed by atoms with Crippen LogP contribution in [0.4, 0.5) is 0 Å². The van der Waals surface area contributed by atoms with Crippen LogP contribution in [-0.4, -0.2) is 58.1 Å². The lowest BCUT2D eigenvalue weighted by Crippen LogP contribution is -2.55. The highest BCUT2D eigenvalue weighted by molar-refractivity contribution is 6.32. The molecule has 1 saturated carbocycles. The third kappa shape index (κ3) is 4.04. The van der Waals surface area contributed by atoms with Crippen LogP contribution in [0.2, 0.25) is 5.02 Å². The Morgan fingerprint density at radius 2 is 1.75 bits per heavy atom. The number of aliphatic hydroxyl groups is 4. The second-order valence-electron chi connectivity index (χ2n) is 9.14. The van der Waals surface area contributed by atoms with E-state index in [1.54, 1.807) is 0 Å². The van der Waals surface area contributed by atoms with Crippen molar-refractivity contribution in [2.24, 2.45) is 0 Å². The molecule has 172 valence electrons. The maximum Gasteiger partial charge on any atom is 0.129 e. The van der Waals surface area contributed by atoms with Crippen LogP contribution in [0.3, 0.4) is 0 Å². The zero-order valence-corrected chi connectivity index (χ0v) is 18.5. The number of hydrogen-bond acceptors (Lipinski definition) is 6. The fraction of sp³-hybridized carbons (Fsp3) is 0.520. The highest BCUT2D eigenvalue weighted by Crippen LogP contribution is 2.45. The Kier molecular flexibility index (Phi) is 6.18. The summed E-state index contributed by atoms with van der Waals surface area (Å²) in [5, 5.41) is 41.4. The summed E-state index contributed by atoms with van der Waals surface area (Å²) in [5.74, 6) is 1.27. The van der Waals surface area contributed by atoms with Gasteiger partial charge < -0.3 is 29.9 Å². The molecule has 0 spiro atoms. The Labute approximate surface area is 192 Å². The van der Waals surface area contributed by atoms with Crippen molar-refractivity contribution >= 4 is 11.6 Å². The number of ether oxygens (including phenoxy) is 2. The first-order valence-corrected chi connectivity index (χ1v) is 11.7. The minimum atomic E-state index is -1.45. The summed E-state index contributed by atoms with van der Waals surface area (Å²) in [5.41, 5.74) is 4.86. The molecule has 2 aromatic rings. The number of hydrogen-bond donors (Lipinski definition) is 4. The van der Waals surface area contributed by atoms with Gasteiger partial charge in [0.15, 0.2) is 0 Å². The maximum atomic E-state index is 10.7. The number of rotatable bonds is 5. The quantitative estimate of drug-likeness (QED) is 0.547. The van der Waals surface area contributed by atoms with Crippen LogP contribution >= 0.6 is 11.6 Å². The summed E-state index contributed by atoms with van der Waals surface area (Å²) in [6.07, 6.45) is -1.43. The molecular weight excluding hydrogens is 432 g/mol. The Balaban J connectivity index is 1.52. The van der Waals surface area contributed by atoms with Gasteiger partial charge in [0.05, 0.1) is 18.2 Å². The first-order valence-electron chi connectivity index (χ1n) is 11.3. The van der Waals surface area contributed by atoms with E-state index in [9.17, 15) is 20.4 Å². The lowest BCUT2D eigenvalue weighted by atomic mass is 9.87. The predicted octanol–water partition coefficient (Wildman–Crippen LogP) is 2.65. The number of halogens is 1. The van der Waals surface area contributed by atoms with Gasteiger partial charge >= 0.3 is 0 Å². The zero-order valence-electron chi connectivity index (χ0n) is 17.8. The van der Waals surface area contributed by atoms with Gasteiger partial charge in [0, 0.05) is 11.1 Å². The zero-order chi connectivity index (χ0) is 22.4. The molecule has 0 unspecified atom stereocenters. The van der Waals surface area contributed by atoms with Crippen LogP contribution < -0.4 is 4.74 Å². The predicted molar refractivity (Wildman–Crippen MR) is 119 cm³/mol. The number of benzene rings is 2. The number of fused-ring (bicyclic) bond motifs is 1. The van der Waals surface area contributed by atoms with E-state index in [4.69, 9.17) is 21.1 Å². The molecule has 0 aromatic heterocycles. The molecule has 1 saturated heterocycles. The first-order chi connectivity index (χ1) is 15.5. The van der Waals surface area contributed by atoms with Crippen LogP contribution in [0.25, 0.3) is 0 Å². The molecule has 1 aliphatic carbocycles. The van der Waals surface area contributed by atoms with Crippen molar-refractivity contribution in [1.82, 2.24) is 0 Å². The van der Waals surface area contributed by atoms with Crippen LogP contribution in [-0.2, 0) is 17.6 Å². The van der Waals surface area contributed by atoms with E-state index in [1.807, 2.05) is 6.07 Å². The standard InChI is InChI=1S/C25H29ClO6/c26-20-16(10-13-3-5-14(6-4-13)15-7-8-15)11-18(24-17(20)2-1-9-31-24)25-23(30)22(29)21(28)19(12-27)32-25/h3-6,11,15,19,21-23,25,27-30H,1-2,7-10,12H2/t19-,21-,22+,23-,25+/m1/s1. The van der Waals surface area contributed by atoms with E-state index in [0.717, 1.165) is 29.5 Å². The number of aliphatic hydroxyl groups excluding tert-OH is 4. The molecule has 4 N–H and O–H groups in total. The summed E-state index contributed by atoms with van der Waals surface area (Å²) >= 11 is 6.81. The molecule has 0 radical (unpaired) electrons. The maximum absolute atomic E-state index is 10.7. The van der Waals surface area contributed by atoms with Crippen LogP contribution in [0, 0.1) is 0 Å². The molecule has 32 heavy (non-hydrogen) atoms. The SMILES string of the molecule is OC[C@H]1O[C@@H](c2cc(Cc3ccc(C4CC4)cc3)c(Cl)c3c2OCCC3)[C@H](O)[C@@H](O)[C@@H]1O. The second-order valence-corrected chi connectivity index (χ2v) is 9.52. The molecule has 3 aliphatic rings. The lowest BCUT2D eigenvalue weighted by molar-refractivity contribution is -0.232. The van der Waals surface area contributed by atoms with Crippen molar-refractivity contribution in [3.05, 3.63) is 63.2 Å².